The number of H-pyrrole nitrogens is 1. The Labute approximate surface area is 217 Å². The van der Waals surface area contributed by atoms with Crippen molar-refractivity contribution in [3.63, 3.8) is 0 Å². The van der Waals surface area contributed by atoms with Gasteiger partial charge in [-0.2, -0.15) is 5.10 Å². The Kier molecular flexibility index (Phi) is 6.92. The summed E-state index contributed by atoms with van der Waals surface area (Å²) in [6, 6.07) is 10.3. The molecule has 37 heavy (non-hydrogen) atoms. The smallest absolute Gasteiger partial charge is 0.276 e. The summed E-state index contributed by atoms with van der Waals surface area (Å²) in [6.45, 7) is 6.33. The summed E-state index contributed by atoms with van der Waals surface area (Å²) in [4.78, 5) is 27.0. The molecule has 1 aromatic carbocycles. The average molecular weight is 496 g/mol. The largest absolute Gasteiger partial charge is 0.319 e. The van der Waals surface area contributed by atoms with E-state index in [1.54, 1.807) is 6.20 Å². The zero-order valence-electron chi connectivity index (χ0n) is 21.1. The molecule has 8 nitrogen and oxygen atoms in total. The van der Waals surface area contributed by atoms with Gasteiger partial charge in [-0.1, -0.05) is 12.5 Å². The fraction of sp³-hybridized carbons (Fsp3) is 0.379. The van der Waals surface area contributed by atoms with Crippen molar-refractivity contribution in [2.45, 2.75) is 45.2 Å². The van der Waals surface area contributed by atoms with Crippen LogP contribution < -0.4 is 5.32 Å². The molecule has 0 saturated carbocycles. The molecule has 2 aliphatic rings. The van der Waals surface area contributed by atoms with E-state index < -0.39 is 0 Å². The first kappa shape index (κ1) is 23.8. The van der Waals surface area contributed by atoms with Crippen LogP contribution in [0.2, 0.25) is 0 Å². The number of anilines is 1. The number of pyridine rings is 2. The van der Waals surface area contributed by atoms with Crippen LogP contribution in [0.15, 0.2) is 55.1 Å². The summed E-state index contributed by atoms with van der Waals surface area (Å²) in [6.07, 6.45) is 13.8. The van der Waals surface area contributed by atoms with E-state index in [1.165, 1.54) is 37.7 Å². The second-order valence-electron chi connectivity index (χ2n) is 10.3. The molecule has 0 aliphatic carbocycles. The maximum Gasteiger partial charge on any atom is 0.276 e. The van der Waals surface area contributed by atoms with E-state index in [0.29, 0.717) is 11.4 Å². The number of piperidine rings is 1. The normalized spacial score (nSPS) is 16.9. The summed E-state index contributed by atoms with van der Waals surface area (Å²) in [7, 11) is 0. The number of likely N-dealkylation sites (tertiary alicyclic amines) is 2. The van der Waals surface area contributed by atoms with E-state index in [-0.39, 0.29) is 5.91 Å². The molecule has 2 fully saturated rings. The number of hydrogen-bond donors (Lipinski definition) is 2. The summed E-state index contributed by atoms with van der Waals surface area (Å²) >= 11 is 0. The standard InChI is InChI=1S/C29H33N7O/c37-29(32-25-13-22(16-31-18-25)20-35-8-2-1-3-9-35)28-26-14-23(6-7-27(26)33-34-28)24-12-21(15-30-17-24)19-36-10-4-5-11-36/h6-7,12-18H,1-5,8-11,19-20H2,(H,32,37)(H,33,34). The third-order valence-corrected chi connectivity index (χ3v) is 7.42. The molecule has 6 rings (SSSR count). The number of aromatic amines is 1. The Morgan fingerprint density at radius 3 is 2.22 bits per heavy atom. The number of carbonyl (C=O) groups excluding carboxylic acids is 1. The van der Waals surface area contributed by atoms with Crippen LogP contribution in [0.4, 0.5) is 5.69 Å². The minimum atomic E-state index is -0.249. The Morgan fingerprint density at radius 1 is 0.784 bits per heavy atom. The maximum absolute atomic E-state index is 13.2. The van der Waals surface area contributed by atoms with Crippen LogP contribution in [0.5, 0.6) is 0 Å². The molecule has 0 atom stereocenters. The van der Waals surface area contributed by atoms with Gasteiger partial charge in [0.25, 0.3) is 5.91 Å². The minimum absolute atomic E-state index is 0.249. The predicted molar refractivity (Wildman–Crippen MR) is 145 cm³/mol. The predicted octanol–water partition coefficient (Wildman–Crippen LogP) is 4.85. The Bertz CT molecular complexity index is 1390. The van der Waals surface area contributed by atoms with E-state index in [0.717, 1.165) is 66.9 Å². The molecule has 3 aromatic heterocycles. The van der Waals surface area contributed by atoms with E-state index in [1.807, 2.05) is 42.9 Å². The first-order chi connectivity index (χ1) is 18.2. The van der Waals surface area contributed by atoms with Gasteiger partial charge in [0.15, 0.2) is 5.69 Å². The van der Waals surface area contributed by atoms with Gasteiger partial charge in [0.05, 0.1) is 17.4 Å². The third kappa shape index (κ3) is 5.55. The summed E-state index contributed by atoms with van der Waals surface area (Å²) in [5.74, 6) is -0.249. The van der Waals surface area contributed by atoms with Crippen molar-refractivity contribution >= 4 is 22.5 Å². The highest BCUT2D eigenvalue weighted by atomic mass is 16.1. The lowest BCUT2D eigenvalue weighted by molar-refractivity contribution is 0.102. The highest BCUT2D eigenvalue weighted by molar-refractivity contribution is 6.11. The van der Waals surface area contributed by atoms with Gasteiger partial charge in [0.1, 0.15) is 0 Å². The molecule has 0 bridgehead atoms. The molecule has 0 spiro atoms. The van der Waals surface area contributed by atoms with E-state index in [2.05, 4.69) is 41.3 Å². The Balaban J connectivity index is 1.20. The van der Waals surface area contributed by atoms with Crippen LogP contribution >= 0.6 is 0 Å². The topological polar surface area (TPSA) is 90.0 Å². The van der Waals surface area contributed by atoms with Crippen LogP contribution in [0.3, 0.4) is 0 Å². The van der Waals surface area contributed by atoms with E-state index in [9.17, 15) is 4.79 Å². The van der Waals surface area contributed by atoms with Gasteiger partial charge in [-0.25, -0.2) is 0 Å². The van der Waals surface area contributed by atoms with Gasteiger partial charge in [-0.3, -0.25) is 29.7 Å². The Hall–Kier alpha value is -3.62. The van der Waals surface area contributed by atoms with Crippen molar-refractivity contribution in [3.05, 3.63) is 71.9 Å². The second-order valence-corrected chi connectivity index (χ2v) is 10.3. The monoisotopic (exact) mass is 495 g/mol. The van der Waals surface area contributed by atoms with Gasteiger partial charge < -0.3 is 5.32 Å². The fourth-order valence-electron chi connectivity index (χ4n) is 5.51. The molecule has 8 heteroatoms. The number of benzene rings is 1. The zero-order chi connectivity index (χ0) is 25.0. The lowest BCUT2D eigenvalue weighted by Crippen LogP contribution is -2.29. The number of nitrogens with zero attached hydrogens (tertiary/aromatic N) is 5. The zero-order valence-corrected chi connectivity index (χ0v) is 21.1. The Morgan fingerprint density at radius 2 is 1.46 bits per heavy atom. The maximum atomic E-state index is 13.2. The number of fused-ring (bicyclic) bond motifs is 1. The number of aromatic nitrogens is 4. The first-order valence-corrected chi connectivity index (χ1v) is 13.3. The van der Waals surface area contributed by atoms with Crippen molar-refractivity contribution in [2.75, 3.05) is 31.5 Å². The first-order valence-electron chi connectivity index (χ1n) is 13.3. The molecule has 190 valence electrons. The number of rotatable bonds is 7. The van der Waals surface area contributed by atoms with Crippen molar-refractivity contribution in [2.24, 2.45) is 0 Å². The number of amides is 1. The van der Waals surface area contributed by atoms with Gasteiger partial charge in [-0.05, 0) is 92.8 Å². The molecule has 2 aliphatic heterocycles. The van der Waals surface area contributed by atoms with Crippen LogP contribution in [0.25, 0.3) is 22.0 Å². The fourth-order valence-corrected chi connectivity index (χ4v) is 5.51. The molecule has 0 unspecified atom stereocenters. The molecule has 2 N–H and O–H groups in total. The molecular weight excluding hydrogens is 462 g/mol. The quantitative estimate of drug-likeness (QED) is 0.381. The molecular formula is C29H33N7O. The van der Waals surface area contributed by atoms with E-state index in [4.69, 9.17) is 0 Å². The van der Waals surface area contributed by atoms with Crippen LogP contribution in [0, 0.1) is 0 Å². The molecule has 0 radical (unpaired) electrons. The lowest BCUT2D eigenvalue weighted by Gasteiger charge is -2.26. The summed E-state index contributed by atoms with van der Waals surface area (Å²) < 4.78 is 0. The summed E-state index contributed by atoms with van der Waals surface area (Å²) in [5.41, 5.74) is 6.26. The van der Waals surface area contributed by atoms with Crippen LogP contribution in [-0.2, 0) is 13.1 Å². The van der Waals surface area contributed by atoms with Crippen molar-refractivity contribution < 1.29 is 4.79 Å². The van der Waals surface area contributed by atoms with Crippen molar-refractivity contribution in [3.8, 4) is 11.1 Å². The highest BCUT2D eigenvalue weighted by Crippen LogP contribution is 2.27. The SMILES string of the molecule is O=C(Nc1cncc(CN2CCCCC2)c1)c1n[nH]c2ccc(-c3cncc(CN4CCCC4)c3)cc12. The van der Waals surface area contributed by atoms with Gasteiger partial charge >= 0.3 is 0 Å². The lowest BCUT2D eigenvalue weighted by atomic mass is 10.0. The number of carbonyl (C=O) groups is 1. The van der Waals surface area contributed by atoms with Crippen molar-refractivity contribution in [1.82, 2.24) is 30.0 Å². The molecule has 1 amide bonds. The average Bonchev–Trinajstić information content (AvgIpc) is 3.59. The van der Waals surface area contributed by atoms with Gasteiger partial charge in [0, 0.05) is 42.6 Å². The molecule has 5 heterocycles. The highest BCUT2D eigenvalue weighted by Gasteiger charge is 2.17. The van der Waals surface area contributed by atoms with Crippen molar-refractivity contribution in [1.29, 1.82) is 0 Å². The van der Waals surface area contributed by atoms with Gasteiger partial charge in [-0.15, -0.1) is 0 Å². The van der Waals surface area contributed by atoms with Crippen LogP contribution in [-0.4, -0.2) is 62.1 Å². The minimum Gasteiger partial charge on any atom is -0.319 e. The summed E-state index contributed by atoms with van der Waals surface area (Å²) in [5, 5.41) is 11.1. The number of nitrogens with one attached hydrogen (secondary N) is 2. The second kappa shape index (κ2) is 10.8. The molecule has 4 aromatic rings. The molecule has 2 saturated heterocycles. The third-order valence-electron chi connectivity index (χ3n) is 7.42. The van der Waals surface area contributed by atoms with E-state index >= 15 is 0 Å². The number of hydrogen-bond acceptors (Lipinski definition) is 6. The van der Waals surface area contributed by atoms with Crippen LogP contribution in [0.1, 0.15) is 53.7 Å². The van der Waals surface area contributed by atoms with Gasteiger partial charge in [0.2, 0.25) is 0 Å².